The van der Waals surface area contributed by atoms with E-state index in [9.17, 15) is 14.4 Å². The third-order valence-electron chi connectivity index (χ3n) is 6.84. The summed E-state index contributed by atoms with van der Waals surface area (Å²) in [6.45, 7) is 2.75. The second kappa shape index (κ2) is 8.98. The zero-order chi connectivity index (χ0) is 22.9. The van der Waals surface area contributed by atoms with E-state index in [1.54, 1.807) is 23.1 Å². The van der Waals surface area contributed by atoms with Gasteiger partial charge in [0.05, 0.1) is 17.3 Å². The number of anilines is 2. The molecule has 2 saturated heterocycles. The Bertz CT molecular complexity index is 1070. The van der Waals surface area contributed by atoms with Crippen molar-refractivity contribution in [3.8, 4) is 0 Å². The molecule has 0 aromatic heterocycles. The summed E-state index contributed by atoms with van der Waals surface area (Å²) in [7, 11) is 2.07. The minimum absolute atomic E-state index is 0.0102. The molecule has 5 rings (SSSR count). The zero-order valence-corrected chi connectivity index (χ0v) is 19.0. The summed E-state index contributed by atoms with van der Waals surface area (Å²) >= 11 is 0. The molecule has 2 aliphatic heterocycles. The molecule has 172 valence electrons. The van der Waals surface area contributed by atoms with Gasteiger partial charge in [-0.1, -0.05) is 30.3 Å². The maximum absolute atomic E-state index is 13.9. The molecule has 1 aliphatic carbocycles. The molecule has 2 aromatic rings. The average molecular weight is 447 g/mol. The molecule has 7 heteroatoms. The van der Waals surface area contributed by atoms with Crippen LogP contribution in [0.3, 0.4) is 0 Å². The molecular weight excluding hydrogens is 416 g/mol. The highest BCUT2D eigenvalue weighted by atomic mass is 16.2. The van der Waals surface area contributed by atoms with Crippen LogP contribution >= 0.6 is 0 Å². The Kier molecular flexibility index (Phi) is 5.89. The van der Waals surface area contributed by atoms with Crippen LogP contribution in [0.15, 0.2) is 48.5 Å². The largest absolute Gasteiger partial charge is 0.329 e. The highest BCUT2D eigenvalue weighted by Gasteiger charge is 2.34. The Labute approximate surface area is 194 Å². The number of likely N-dealkylation sites (N-methyl/N-ethyl adjacent to an activating group) is 1. The number of amides is 3. The van der Waals surface area contributed by atoms with Crippen molar-refractivity contribution in [3.05, 3.63) is 59.7 Å². The van der Waals surface area contributed by atoms with Gasteiger partial charge in [0.25, 0.3) is 5.91 Å². The van der Waals surface area contributed by atoms with E-state index in [2.05, 4.69) is 29.4 Å². The van der Waals surface area contributed by atoms with Crippen LogP contribution in [0.2, 0.25) is 0 Å². The first kappa shape index (κ1) is 21.6. The molecule has 0 unspecified atom stereocenters. The first-order valence-electron chi connectivity index (χ1n) is 11.8. The number of nitrogens with zero attached hydrogens (tertiary/aromatic N) is 3. The van der Waals surface area contributed by atoms with Crippen molar-refractivity contribution in [2.45, 2.75) is 31.7 Å². The Hall–Kier alpha value is -3.19. The van der Waals surface area contributed by atoms with Gasteiger partial charge < -0.3 is 20.0 Å². The Morgan fingerprint density at radius 1 is 1.00 bits per heavy atom. The van der Waals surface area contributed by atoms with E-state index in [1.807, 2.05) is 23.1 Å². The summed E-state index contributed by atoms with van der Waals surface area (Å²) in [5.41, 5.74) is 2.85. The first-order valence-corrected chi connectivity index (χ1v) is 11.8. The fourth-order valence-corrected chi connectivity index (χ4v) is 4.78. The lowest BCUT2D eigenvalue weighted by atomic mass is 10.0. The number of piperazine rings is 1. The second-order valence-electron chi connectivity index (χ2n) is 9.33. The Morgan fingerprint density at radius 3 is 2.48 bits per heavy atom. The third kappa shape index (κ3) is 4.50. The molecule has 3 amide bonds. The fraction of sp³-hybridized carbons (Fsp3) is 0.423. The smallest absolute Gasteiger partial charge is 0.256 e. The van der Waals surface area contributed by atoms with Gasteiger partial charge in [0.15, 0.2) is 0 Å². The van der Waals surface area contributed by atoms with E-state index in [4.69, 9.17) is 0 Å². The SMILES string of the molecule is CN1CCN(C(=O)c2ccc(NC(=O)C3CC3)cc2N2CCCC2=O)[C@@H](c2ccccc2)C1. The molecule has 3 aliphatic rings. The predicted molar refractivity (Wildman–Crippen MR) is 127 cm³/mol. The molecule has 2 aromatic carbocycles. The second-order valence-corrected chi connectivity index (χ2v) is 9.33. The summed E-state index contributed by atoms with van der Waals surface area (Å²) < 4.78 is 0. The summed E-state index contributed by atoms with van der Waals surface area (Å²) in [5, 5.41) is 2.96. The summed E-state index contributed by atoms with van der Waals surface area (Å²) in [6.07, 6.45) is 3.09. The van der Waals surface area contributed by atoms with Gasteiger partial charge in [-0.3, -0.25) is 14.4 Å². The topological polar surface area (TPSA) is 73.0 Å². The van der Waals surface area contributed by atoms with Crippen molar-refractivity contribution < 1.29 is 14.4 Å². The lowest BCUT2D eigenvalue weighted by molar-refractivity contribution is -0.117. The van der Waals surface area contributed by atoms with Crippen LogP contribution < -0.4 is 10.2 Å². The summed E-state index contributed by atoms with van der Waals surface area (Å²) in [4.78, 5) is 44.7. The molecule has 1 atom stereocenters. The van der Waals surface area contributed by atoms with Crippen molar-refractivity contribution >= 4 is 29.1 Å². The van der Waals surface area contributed by atoms with Crippen LogP contribution in [0.1, 0.15) is 47.6 Å². The van der Waals surface area contributed by atoms with Crippen molar-refractivity contribution in [3.63, 3.8) is 0 Å². The van der Waals surface area contributed by atoms with Crippen molar-refractivity contribution in [1.82, 2.24) is 9.80 Å². The molecule has 33 heavy (non-hydrogen) atoms. The van der Waals surface area contributed by atoms with Crippen LogP contribution in [0.25, 0.3) is 0 Å². The number of hydrogen-bond donors (Lipinski definition) is 1. The number of nitrogens with one attached hydrogen (secondary N) is 1. The van der Waals surface area contributed by atoms with Crippen LogP contribution in [-0.4, -0.2) is 60.7 Å². The number of benzene rings is 2. The van der Waals surface area contributed by atoms with E-state index in [-0.39, 0.29) is 29.7 Å². The van der Waals surface area contributed by atoms with Crippen molar-refractivity contribution in [2.75, 3.05) is 43.4 Å². The molecule has 1 N–H and O–H groups in total. The maximum Gasteiger partial charge on any atom is 0.256 e. The average Bonchev–Trinajstić information content (AvgIpc) is 3.60. The van der Waals surface area contributed by atoms with E-state index in [0.717, 1.165) is 37.9 Å². The lowest BCUT2D eigenvalue weighted by Crippen LogP contribution is -2.49. The van der Waals surface area contributed by atoms with Crippen LogP contribution in [0.5, 0.6) is 0 Å². The van der Waals surface area contributed by atoms with E-state index in [1.165, 1.54) is 0 Å². The third-order valence-corrected chi connectivity index (χ3v) is 6.84. The summed E-state index contributed by atoms with van der Waals surface area (Å²) in [5.74, 6) is 0.0376. The lowest BCUT2D eigenvalue weighted by Gasteiger charge is -2.40. The van der Waals surface area contributed by atoms with Crippen LogP contribution in [-0.2, 0) is 9.59 Å². The van der Waals surface area contributed by atoms with Gasteiger partial charge in [-0.15, -0.1) is 0 Å². The molecule has 3 fully saturated rings. The molecule has 0 bridgehead atoms. The number of hydrogen-bond acceptors (Lipinski definition) is 4. The van der Waals surface area contributed by atoms with Gasteiger partial charge in [-0.25, -0.2) is 0 Å². The monoisotopic (exact) mass is 446 g/mol. The van der Waals surface area contributed by atoms with Crippen LogP contribution in [0.4, 0.5) is 11.4 Å². The predicted octanol–water partition coefficient (Wildman–Crippen LogP) is 3.29. The molecule has 2 heterocycles. The highest BCUT2D eigenvalue weighted by Crippen LogP contribution is 2.34. The number of rotatable bonds is 5. The van der Waals surface area contributed by atoms with Crippen LogP contribution in [0, 0.1) is 5.92 Å². The first-order chi connectivity index (χ1) is 16.0. The molecule has 0 radical (unpaired) electrons. The molecular formula is C26H30N4O3. The Morgan fingerprint density at radius 2 is 1.79 bits per heavy atom. The fourth-order valence-electron chi connectivity index (χ4n) is 4.78. The number of carbonyl (C=O) groups excluding carboxylic acids is 3. The van der Waals surface area contributed by atoms with Gasteiger partial charge in [0, 0.05) is 44.2 Å². The van der Waals surface area contributed by atoms with E-state index < -0.39 is 0 Å². The minimum Gasteiger partial charge on any atom is -0.329 e. The van der Waals surface area contributed by atoms with Gasteiger partial charge in [-0.2, -0.15) is 0 Å². The van der Waals surface area contributed by atoms with Crippen molar-refractivity contribution in [2.24, 2.45) is 5.92 Å². The maximum atomic E-state index is 13.9. The zero-order valence-electron chi connectivity index (χ0n) is 19.0. The quantitative estimate of drug-likeness (QED) is 0.765. The van der Waals surface area contributed by atoms with E-state index in [0.29, 0.717) is 36.4 Å². The van der Waals surface area contributed by atoms with Gasteiger partial charge in [0.2, 0.25) is 11.8 Å². The standard InChI is InChI=1S/C26H30N4O3/c1-28-14-15-30(23(17-28)18-6-3-2-4-7-18)26(33)21-12-11-20(27-25(32)19-9-10-19)16-22(21)29-13-5-8-24(29)31/h2-4,6-7,11-12,16,19,23H,5,8-10,13-15,17H2,1H3,(H,27,32)/t23-/m1/s1. The van der Waals surface area contributed by atoms with Gasteiger partial charge in [-0.05, 0) is 50.1 Å². The number of carbonyl (C=O) groups is 3. The molecule has 7 nitrogen and oxygen atoms in total. The normalized spacial score (nSPS) is 21.4. The van der Waals surface area contributed by atoms with Gasteiger partial charge in [0.1, 0.15) is 0 Å². The van der Waals surface area contributed by atoms with Gasteiger partial charge >= 0.3 is 0 Å². The summed E-state index contributed by atoms with van der Waals surface area (Å²) in [6, 6.07) is 15.4. The molecule has 0 spiro atoms. The van der Waals surface area contributed by atoms with Crippen molar-refractivity contribution in [1.29, 1.82) is 0 Å². The molecule has 1 saturated carbocycles. The highest BCUT2D eigenvalue weighted by molar-refractivity contribution is 6.07. The minimum atomic E-state index is -0.0771. The Balaban J connectivity index is 1.49. The van der Waals surface area contributed by atoms with E-state index >= 15 is 0 Å².